The van der Waals surface area contributed by atoms with Crippen LogP contribution in [0.15, 0.2) is 0 Å². The van der Waals surface area contributed by atoms with Gasteiger partial charge < -0.3 is 10.5 Å². The van der Waals surface area contributed by atoms with Gasteiger partial charge in [0.05, 0.1) is 6.61 Å². The van der Waals surface area contributed by atoms with E-state index in [9.17, 15) is 4.79 Å². The third-order valence-electron chi connectivity index (χ3n) is 3.43. The second kappa shape index (κ2) is 6.53. The van der Waals surface area contributed by atoms with Crippen LogP contribution in [-0.4, -0.2) is 30.7 Å². The van der Waals surface area contributed by atoms with Crippen LogP contribution in [0.3, 0.4) is 0 Å². The van der Waals surface area contributed by atoms with Gasteiger partial charge in [0, 0.05) is 12.6 Å². The Morgan fingerprint density at radius 3 is 2.39 bits per heavy atom. The van der Waals surface area contributed by atoms with Crippen molar-refractivity contribution >= 4 is 5.91 Å². The molecule has 0 aromatic heterocycles. The summed E-state index contributed by atoms with van der Waals surface area (Å²) in [7, 11) is 0. The summed E-state index contributed by atoms with van der Waals surface area (Å²) in [5.41, 5.74) is 4.96. The van der Waals surface area contributed by atoms with Gasteiger partial charge in [0.2, 0.25) is 5.91 Å². The van der Waals surface area contributed by atoms with E-state index in [-0.39, 0.29) is 11.9 Å². The Labute approximate surface area is 111 Å². The van der Waals surface area contributed by atoms with Gasteiger partial charge in [-0.1, -0.05) is 13.8 Å². The average Bonchev–Trinajstić information content (AvgIpc) is 3.05. The average molecular weight is 256 g/mol. The fourth-order valence-corrected chi connectivity index (χ4v) is 2.26. The lowest BCUT2D eigenvalue weighted by atomic mass is 9.92. The number of nitrogens with two attached hydrogens (primary N) is 1. The Balaban J connectivity index is 2.56. The van der Waals surface area contributed by atoms with Crippen LogP contribution >= 0.6 is 0 Å². The van der Waals surface area contributed by atoms with E-state index >= 15 is 0 Å². The summed E-state index contributed by atoms with van der Waals surface area (Å²) in [6, 6.07) is 0.229. The van der Waals surface area contributed by atoms with Crippen LogP contribution in [0, 0.1) is 11.8 Å². The maximum absolute atomic E-state index is 11.8. The summed E-state index contributed by atoms with van der Waals surface area (Å²) >= 11 is 0. The molecule has 18 heavy (non-hydrogen) atoms. The summed E-state index contributed by atoms with van der Waals surface area (Å²) in [4.78, 5) is 11.8. The third kappa shape index (κ3) is 4.25. The minimum Gasteiger partial charge on any atom is -0.379 e. The lowest BCUT2D eigenvalue weighted by Gasteiger charge is -2.33. The molecule has 4 nitrogen and oxygen atoms in total. The molecule has 0 spiro atoms. The molecule has 1 aliphatic carbocycles. The van der Waals surface area contributed by atoms with Gasteiger partial charge in [-0.3, -0.25) is 10.1 Å². The fraction of sp³-hybridized carbons (Fsp3) is 0.929. The first-order chi connectivity index (χ1) is 8.38. The molecule has 0 radical (unpaired) electrons. The van der Waals surface area contributed by atoms with Crippen molar-refractivity contribution in [1.82, 2.24) is 5.32 Å². The molecule has 0 saturated heterocycles. The first-order valence-corrected chi connectivity index (χ1v) is 7.04. The molecule has 1 rings (SSSR count). The standard InChI is InChI=1S/C14H28N2O2/c1-10(2)7-8-18-9-14(13(15)17,12-5-6-12)16-11(3)4/h10-12,16H,5-9H2,1-4H3,(H2,15,17). The Morgan fingerprint density at radius 2 is 2.00 bits per heavy atom. The Kier molecular flexibility index (Phi) is 5.60. The predicted molar refractivity (Wildman–Crippen MR) is 73.2 cm³/mol. The quantitative estimate of drug-likeness (QED) is 0.617. The van der Waals surface area contributed by atoms with Crippen LogP contribution in [0.25, 0.3) is 0 Å². The molecule has 4 heteroatoms. The molecule has 1 atom stereocenters. The summed E-state index contributed by atoms with van der Waals surface area (Å²) in [6.45, 7) is 9.50. The van der Waals surface area contributed by atoms with E-state index in [1.54, 1.807) is 0 Å². The molecule has 1 aliphatic rings. The van der Waals surface area contributed by atoms with Crippen LogP contribution in [0.2, 0.25) is 0 Å². The van der Waals surface area contributed by atoms with E-state index in [0.29, 0.717) is 25.0 Å². The third-order valence-corrected chi connectivity index (χ3v) is 3.43. The molecule has 1 amide bonds. The molecule has 0 heterocycles. The number of carbonyl (C=O) groups excluding carboxylic acids is 1. The highest BCUT2D eigenvalue weighted by Crippen LogP contribution is 2.40. The van der Waals surface area contributed by atoms with E-state index in [0.717, 1.165) is 19.3 Å². The topological polar surface area (TPSA) is 64.3 Å². The largest absolute Gasteiger partial charge is 0.379 e. The molecule has 0 aromatic rings. The number of nitrogens with one attached hydrogen (secondary N) is 1. The highest BCUT2D eigenvalue weighted by atomic mass is 16.5. The summed E-state index contributed by atoms with van der Waals surface area (Å²) in [5, 5.41) is 3.34. The summed E-state index contributed by atoms with van der Waals surface area (Å²) in [5.74, 6) is 0.687. The van der Waals surface area contributed by atoms with Crippen molar-refractivity contribution in [3.05, 3.63) is 0 Å². The number of rotatable bonds is 9. The van der Waals surface area contributed by atoms with Crippen molar-refractivity contribution < 1.29 is 9.53 Å². The van der Waals surface area contributed by atoms with Crippen LogP contribution in [0.1, 0.15) is 47.0 Å². The van der Waals surface area contributed by atoms with Gasteiger partial charge in [-0.15, -0.1) is 0 Å². The van der Waals surface area contributed by atoms with Crippen molar-refractivity contribution in [2.75, 3.05) is 13.2 Å². The minimum absolute atomic E-state index is 0.229. The van der Waals surface area contributed by atoms with Gasteiger partial charge in [0.1, 0.15) is 5.54 Å². The van der Waals surface area contributed by atoms with Crippen molar-refractivity contribution in [2.24, 2.45) is 17.6 Å². The smallest absolute Gasteiger partial charge is 0.240 e. The molecular formula is C14H28N2O2. The number of ether oxygens (including phenoxy) is 1. The molecule has 0 aliphatic heterocycles. The lowest BCUT2D eigenvalue weighted by molar-refractivity contribution is -0.128. The van der Waals surface area contributed by atoms with Gasteiger partial charge in [-0.05, 0) is 44.9 Å². The number of primary amides is 1. The van der Waals surface area contributed by atoms with E-state index in [2.05, 4.69) is 19.2 Å². The number of carbonyl (C=O) groups is 1. The summed E-state index contributed by atoms with van der Waals surface area (Å²) < 4.78 is 5.71. The Morgan fingerprint density at radius 1 is 1.39 bits per heavy atom. The van der Waals surface area contributed by atoms with Crippen LogP contribution in [-0.2, 0) is 9.53 Å². The molecular weight excluding hydrogens is 228 g/mol. The van der Waals surface area contributed by atoms with Gasteiger partial charge >= 0.3 is 0 Å². The molecule has 106 valence electrons. The van der Waals surface area contributed by atoms with Crippen molar-refractivity contribution in [1.29, 1.82) is 0 Å². The first-order valence-electron chi connectivity index (χ1n) is 7.04. The highest BCUT2D eigenvalue weighted by molar-refractivity contribution is 5.85. The normalized spacial score (nSPS) is 19.2. The zero-order valence-corrected chi connectivity index (χ0v) is 12.2. The van der Waals surface area contributed by atoms with E-state index < -0.39 is 5.54 Å². The molecule has 1 fully saturated rings. The van der Waals surface area contributed by atoms with Gasteiger partial charge in [0.15, 0.2) is 0 Å². The van der Waals surface area contributed by atoms with Gasteiger partial charge in [-0.2, -0.15) is 0 Å². The van der Waals surface area contributed by atoms with Crippen LogP contribution in [0.4, 0.5) is 0 Å². The molecule has 3 N–H and O–H groups in total. The van der Waals surface area contributed by atoms with Gasteiger partial charge in [-0.25, -0.2) is 0 Å². The maximum Gasteiger partial charge on any atom is 0.240 e. The highest BCUT2D eigenvalue weighted by Gasteiger charge is 2.50. The molecule has 0 aromatic carbocycles. The summed E-state index contributed by atoms with van der Waals surface area (Å²) in [6.07, 6.45) is 3.15. The number of hydrogen-bond donors (Lipinski definition) is 2. The molecule has 1 unspecified atom stereocenters. The van der Waals surface area contributed by atoms with Crippen LogP contribution < -0.4 is 11.1 Å². The van der Waals surface area contributed by atoms with E-state index in [1.165, 1.54) is 0 Å². The van der Waals surface area contributed by atoms with Gasteiger partial charge in [0.25, 0.3) is 0 Å². The predicted octanol–water partition coefficient (Wildman–Crippen LogP) is 1.68. The van der Waals surface area contributed by atoms with Crippen molar-refractivity contribution in [3.63, 3.8) is 0 Å². The van der Waals surface area contributed by atoms with Crippen molar-refractivity contribution in [3.8, 4) is 0 Å². The number of hydrogen-bond acceptors (Lipinski definition) is 3. The lowest BCUT2D eigenvalue weighted by Crippen LogP contribution is -2.62. The number of amides is 1. The van der Waals surface area contributed by atoms with E-state index in [1.807, 2.05) is 13.8 Å². The molecule has 0 bridgehead atoms. The Bertz CT molecular complexity index is 275. The molecule has 1 saturated carbocycles. The zero-order valence-electron chi connectivity index (χ0n) is 12.2. The minimum atomic E-state index is -0.662. The fourth-order valence-electron chi connectivity index (χ4n) is 2.26. The monoisotopic (exact) mass is 256 g/mol. The Hall–Kier alpha value is -0.610. The second-order valence-corrected chi connectivity index (χ2v) is 6.14. The maximum atomic E-state index is 11.8. The van der Waals surface area contributed by atoms with Crippen molar-refractivity contribution in [2.45, 2.75) is 58.5 Å². The SMILES string of the molecule is CC(C)CCOCC(NC(C)C)(C(N)=O)C1CC1. The van der Waals surface area contributed by atoms with E-state index in [4.69, 9.17) is 10.5 Å². The van der Waals surface area contributed by atoms with Crippen LogP contribution in [0.5, 0.6) is 0 Å². The zero-order chi connectivity index (χ0) is 13.8. The second-order valence-electron chi connectivity index (χ2n) is 6.14. The first kappa shape index (κ1) is 15.4.